The Hall–Kier alpha value is -2.20. The van der Waals surface area contributed by atoms with E-state index < -0.39 is 10.0 Å². The maximum absolute atomic E-state index is 13.0. The van der Waals surface area contributed by atoms with Crippen LogP contribution in [0.25, 0.3) is 0 Å². The molecule has 0 aromatic carbocycles. The van der Waals surface area contributed by atoms with Crippen molar-refractivity contribution in [1.82, 2.24) is 29.2 Å². The third kappa shape index (κ3) is 3.97. The number of nitrogens with one attached hydrogen (secondary N) is 1. The fourth-order valence-electron chi connectivity index (χ4n) is 3.47. The van der Waals surface area contributed by atoms with Crippen LogP contribution >= 0.6 is 0 Å². The van der Waals surface area contributed by atoms with Crippen molar-refractivity contribution in [2.45, 2.75) is 51.6 Å². The molecule has 1 aliphatic heterocycles. The molecule has 28 heavy (non-hydrogen) atoms. The average molecular weight is 409 g/mol. The second kappa shape index (κ2) is 8.04. The Morgan fingerprint density at radius 2 is 2.11 bits per heavy atom. The summed E-state index contributed by atoms with van der Waals surface area (Å²) in [6.07, 6.45) is 4.64. The molecule has 0 saturated carbocycles. The van der Waals surface area contributed by atoms with Crippen molar-refractivity contribution < 1.29 is 13.2 Å². The van der Waals surface area contributed by atoms with E-state index in [1.54, 1.807) is 18.7 Å². The van der Waals surface area contributed by atoms with E-state index in [1.807, 2.05) is 24.7 Å². The number of hydrogen-bond acceptors (Lipinski definition) is 5. The number of sulfonamides is 1. The predicted octanol–water partition coefficient (Wildman–Crippen LogP) is 0.970. The largest absolute Gasteiger partial charge is 0.352 e. The standard InChI is InChI=1S/C18H28N6O3S/c1-5-23-11-16(13(2)21-23)9-19-18(25)15-7-6-8-24(12-15)28(26,27)17-10-20-22(4)14(17)3/h10-11,15H,5-9,12H2,1-4H3,(H,19,25)/t15-/m0/s1. The van der Waals surface area contributed by atoms with Gasteiger partial charge in [-0.3, -0.25) is 14.2 Å². The van der Waals surface area contributed by atoms with Crippen molar-refractivity contribution in [3.05, 3.63) is 29.3 Å². The van der Waals surface area contributed by atoms with Crippen LogP contribution in [-0.4, -0.2) is 51.3 Å². The van der Waals surface area contributed by atoms with Crippen LogP contribution in [0.4, 0.5) is 0 Å². The molecule has 10 heteroatoms. The number of aromatic nitrogens is 4. The molecule has 0 spiro atoms. The molecule has 1 atom stereocenters. The first-order valence-electron chi connectivity index (χ1n) is 9.53. The Bertz CT molecular complexity index is 962. The number of amides is 1. The Labute approximate surface area is 165 Å². The third-order valence-electron chi connectivity index (χ3n) is 5.39. The molecule has 0 radical (unpaired) electrons. The molecule has 2 aromatic heterocycles. The second-order valence-corrected chi connectivity index (χ2v) is 9.14. The van der Waals surface area contributed by atoms with Gasteiger partial charge in [0.05, 0.1) is 23.5 Å². The summed E-state index contributed by atoms with van der Waals surface area (Å²) in [5.74, 6) is -0.478. The zero-order valence-corrected chi connectivity index (χ0v) is 17.7. The Morgan fingerprint density at radius 3 is 2.71 bits per heavy atom. The highest BCUT2D eigenvalue weighted by atomic mass is 32.2. The van der Waals surface area contributed by atoms with Gasteiger partial charge in [0, 0.05) is 45.0 Å². The molecule has 1 N–H and O–H groups in total. The summed E-state index contributed by atoms with van der Waals surface area (Å²) in [6.45, 7) is 7.44. The second-order valence-electron chi connectivity index (χ2n) is 7.23. The van der Waals surface area contributed by atoms with E-state index >= 15 is 0 Å². The molecule has 3 heterocycles. The van der Waals surface area contributed by atoms with Gasteiger partial charge in [-0.2, -0.15) is 14.5 Å². The molecule has 154 valence electrons. The number of hydrogen-bond donors (Lipinski definition) is 1. The van der Waals surface area contributed by atoms with Crippen LogP contribution in [0.3, 0.4) is 0 Å². The highest BCUT2D eigenvalue weighted by Crippen LogP contribution is 2.25. The maximum atomic E-state index is 13.0. The van der Waals surface area contributed by atoms with Crippen molar-refractivity contribution in [2.24, 2.45) is 13.0 Å². The summed E-state index contributed by atoms with van der Waals surface area (Å²) in [5, 5.41) is 11.4. The minimum Gasteiger partial charge on any atom is -0.352 e. The van der Waals surface area contributed by atoms with Crippen LogP contribution in [0, 0.1) is 19.8 Å². The first kappa shape index (κ1) is 20.5. The molecule has 1 amide bonds. The lowest BCUT2D eigenvalue weighted by atomic mass is 9.99. The molecule has 0 bridgehead atoms. The van der Waals surface area contributed by atoms with Crippen molar-refractivity contribution in [1.29, 1.82) is 0 Å². The Kier molecular flexibility index (Phi) is 5.90. The van der Waals surface area contributed by atoms with E-state index in [9.17, 15) is 13.2 Å². The van der Waals surface area contributed by atoms with E-state index in [0.717, 1.165) is 17.8 Å². The minimum atomic E-state index is -3.66. The van der Waals surface area contributed by atoms with Gasteiger partial charge in [0.15, 0.2) is 0 Å². The number of carbonyl (C=O) groups is 1. The third-order valence-corrected chi connectivity index (χ3v) is 7.36. The molecule has 0 aliphatic carbocycles. The van der Waals surface area contributed by atoms with Gasteiger partial charge in [-0.15, -0.1) is 0 Å². The van der Waals surface area contributed by atoms with Crippen LogP contribution in [0.1, 0.15) is 36.7 Å². The number of nitrogens with zero attached hydrogens (tertiary/aromatic N) is 5. The highest BCUT2D eigenvalue weighted by Gasteiger charge is 2.34. The van der Waals surface area contributed by atoms with Crippen LogP contribution < -0.4 is 5.32 Å². The van der Waals surface area contributed by atoms with Gasteiger partial charge in [-0.05, 0) is 33.6 Å². The van der Waals surface area contributed by atoms with Gasteiger partial charge in [0.2, 0.25) is 15.9 Å². The van der Waals surface area contributed by atoms with Gasteiger partial charge in [0.25, 0.3) is 0 Å². The summed E-state index contributed by atoms with van der Waals surface area (Å²) in [4.78, 5) is 12.9. The lowest BCUT2D eigenvalue weighted by Crippen LogP contribution is -2.45. The lowest BCUT2D eigenvalue weighted by Gasteiger charge is -2.31. The van der Waals surface area contributed by atoms with Gasteiger partial charge in [-0.25, -0.2) is 8.42 Å². The summed E-state index contributed by atoms with van der Waals surface area (Å²) >= 11 is 0. The molecule has 2 aromatic rings. The fourth-order valence-corrected chi connectivity index (χ4v) is 5.18. The van der Waals surface area contributed by atoms with Crippen LogP contribution in [0.2, 0.25) is 0 Å². The molecular weight excluding hydrogens is 380 g/mol. The van der Waals surface area contributed by atoms with E-state index in [0.29, 0.717) is 31.6 Å². The van der Waals surface area contributed by atoms with Gasteiger partial charge < -0.3 is 5.32 Å². The van der Waals surface area contributed by atoms with E-state index in [-0.39, 0.29) is 23.3 Å². The number of carbonyl (C=O) groups excluding carboxylic acids is 1. The minimum absolute atomic E-state index is 0.119. The molecule has 9 nitrogen and oxygen atoms in total. The molecule has 1 fully saturated rings. The summed E-state index contributed by atoms with van der Waals surface area (Å²) in [6, 6.07) is 0. The predicted molar refractivity (Wildman–Crippen MR) is 104 cm³/mol. The van der Waals surface area contributed by atoms with Crippen molar-refractivity contribution in [3.63, 3.8) is 0 Å². The van der Waals surface area contributed by atoms with Gasteiger partial charge >= 0.3 is 0 Å². The lowest BCUT2D eigenvalue weighted by molar-refractivity contribution is -0.126. The highest BCUT2D eigenvalue weighted by molar-refractivity contribution is 7.89. The quantitative estimate of drug-likeness (QED) is 0.767. The van der Waals surface area contributed by atoms with E-state index in [1.165, 1.54) is 10.5 Å². The molecule has 1 aliphatic rings. The zero-order valence-electron chi connectivity index (χ0n) is 16.8. The normalized spacial score (nSPS) is 18.4. The number of rotatable bonds is 6. The molecule has 1 saturated heterocycles. The van der Waals surface area contributed by atoms with Crippen molar-refractivity contribution in [3.8, 4) is 0 Å². The summed E-state index contributed by atoms with van der Waals surface area (Å²) in [7, 11) is -1.94. The van der Waals surface area contributed by atoms with Crippen molar-refractivity contribution >= 4 is 15.9 Å². The SMILES string of the molecule is CCn1cc(CNC(=O)[C@H]2CCCN(S(=O)(=O)c3cnn(C)c3C)C2)c(C)n1. The van der Waals surface area contributed by atoms with Crippen LogP contribution in [-0.2, 0) is 35.0 Å². The fraction of sp³-hybridized carbons (Fsp3) is 0.611. The van der Waals surface area contributed by atoms with Crippen molar-refractivity contribution in [2.75, 3.05) is 13.1 Å². The maximum Gasteiger partial charge on any atom is 0.246 e. The smallest absolute Gasteiger partial charge is 0.246 e. The van der Waals surface area contributed by atoms with E-state index in [4.69, 9.17) is 0 Å². The van der Waals surface area contributed by atoms with Crippen LogP contribution in [0.5, 0.6) is 0 Å². The first-order chi connectivity index (χ1) is 13.2. The average Bonchev–Trinajstić information content (AvgIpc) is 3.22. The first-order valence-corrected chi connectivity index (χ1v) is 11.0. The monoisotopic (exact) mass is 408 g/mol. The van der Waals surface area contributed by atoms with Gasteiger partial charge in [0.1, 0.15) is 4.90 Å². The number of aryl methyl sites for hydroxylation is 3. The van der Waals surface area contributed by atoms with Gasteiger partial charge in [-0.1, -0.05) is 0 Å². The van der Waals surface area contributed by atoms with E-state index in [2.05, 4.69) is 15.5 Å². The Balaban J connectivity index is 1.66. The van der Waals surface area contributed by atoms with Crippen LogP contribution in [0.15, 0.2) is 17.3 Å². The number of piperidine rings is 1. The Morgan fingerprint density at radius 1 is 1.36 bits per heavy atom. The molecule has 3 rings (SSSR count). The molecular formula is C18H28N6O3S. The molecule has 0 unspecified atom stereocenters. The summed E-state index contributed by atoms with van der Waals surface area (Å²) in [5.41, 5.74) is 2.46. The topological polar surface area (TPSA) is 102 Å². The zero-order chi connectivity index (χ0) is 20.5. The summed E-state index contributed by atoms with van der Waals surface area (Å²) < 4.78 is 30.7.